The van der Waals surface area contributed by atoms with E-state index in [9.17, 15) is 9.90 Å². The van der Waals surface area contributed by atoms with Gasteiger partial charge in [0.25, 0.3) is 0 Å². The summed E-state index contributed by atoms with van der Waals surface area (Å²) < 4.78 is 16.0. The number of carbonyl (C=O) groups excluding carboxylic acids is 1. The summed E-state index contributed by atoms with van der Waals surface area (Å²) in [5.74, 6) is -0.321. The average Bonchev–Trinajstić information content (AvgIpc) is 3.39. The number of ether oxygens (including phenoxy) is 3. The van der Waals surface area contributed by atoms with E-state index < -0.39 is 12.2 Å². The second kappa shape index (κ2) is 14.6. The predicted octanol–water partition coefficient (Wildman–Crippen LogP) is 5.03. The third kappa shape index (κ3) is 9.59. The summed E-state index contributed by atoms with van der Waals surface area (Å²) in [6, 6.07) is 0. The molecule has 0 radical (unpaired) electrons. The molecule has 0 aliphatic carbocycles. The predicted molar refractivity (Wildman–Crippen MR) is 119 cm³/mol. The second-order valence-corrected chi connectivity index (χ2v) is 8.35. The van der Waals surface area contributed by atoms with E-state index in [0.717, 1.165) is 38.5 Å². The summed E-state index contributed by atoms with van der Waals surface area (Å²) >= 11 is 0. The molecule has 5 nitrogen and oxygen atoms in total. The molecule has 0 saturated carbocycles. The van der Waals surface area contributed by atoms with Gasteiger partial charge in [0.15, 0.2) is 6.10 Å². The van der Waals surface area contributed by atoms with E-state index in [-0.39, 0.29) is 24.3 Å². The molecule has 0 unspecified atom stereocenters. The second-order valence-electron chi connectivity index (χ2n) is 8.35. The Hall–Kier alpha value is -1.43. The molecule has 0 aromatic carbocycles. The van der Waals surface area contributed by atoms with Gasteiger partial charge in [0.2, 0.25) is 0 Å². The van der Waals surface area contributed by atoms with E-state index in [1.54, 1.807) is 0 Å². The van der Waals surface area contributed by atoms with Gasteiger partial charge in [-0.25, -0.2) is 4.79 Å². The number of epoxide rings is 1. The van der Waals surface area contributed by atoms with Crippen LogP contribution in [0.2, 0.25) is 0 Å². The van der Waals surface area contributed by atoms with Gasteiger partial charge in [-0.15, -0.1) is 6.58 Å². The molecule has 2 aliphatic heterocycles. The Morgan fingerprint density at radius 2 is 1.83 bits per heavy atom. The first kappa shape index (κ1) is 24.8. The number of rotatable bonds is 16. The molecule has 2 heterocycles. The van der Waals surface area contributed by atoms with Crippen molar-refractivity contribution in [1.29, 1.82) is 0 Å². The summed E-state index contributed by atoms with van der Waals surface area (Å²) in [5, 5.41) is 10.4. The molecule has 5 heteroatoms. The molecule has 0 aromatic rings. The largest absolute Gasteiger partial charge is 0.467 e. The minimum absolute atomic E-state index is 0.0741. The fourth-order valence-electron chi connectivity index (χ4n) is 3.99. The average molecular weight is 421 g/mol. The first-order valence-corrected chi connectivity index (χ1v) is 11.6. The zero-order chi connectivity index (χ0) is 21.6. The van der Waals surface area contributed by atoms with Crippen LogP contribution in [-0.4, -0.2) is 48.7 Å². The summed E-state index contributed by atoms with van der Waals surface area (Å²) in [7, 11) is 1.37. The number of methoxy groups -OCH3 is 1. The van der Waals surface area contributed by atoms with Crippen molar-refractivity contribution in [1.82, 2.24) is 0 Å². The monoisotopic (exact) mass is 420 g/mol. The van der Waals surface area contributed by atoms with Crippen molar-refractivity contribution in [3.05, 3.63) is 37.0 Å². The summed E-state index contributed by atoms with van der Waals surface area (Å²) in [4.78, 5) is 11.3. The van der Waals surface area contributed by atoms with Crippen LogP contribution in [0, 0.1) is 0 Å². The van der Waals surface area contributed by atoms with E-state index in [0.29, 0.717) is 12.8 Å². The molecule has 2 rings (SSSR count). The van der Waals surface area contributed by atoms with Gasteiger partial charge in [0.05, 0.1) is 31.5 Å². The lowest BCUT2D eigenvalue weighted by atomic mass is 10.0. The highest BCUT2D eigenvalue weighted by atomic mass is 16.6. The number of allylic oxidation sites excluding steroid dienone is 5. The van der Waals surface area contributed by atoms with Gasteiger partial charge in [-0.05, 0) is 57.8 Å². The smallest absolute Gasteiger partial charge is 0.337 e. The minimum Gasteiger partial charge on any atom is -0.467 e. The maximum absolute atomic E-state index is 11.3. The van der Waals surface area contributed by atoms with Gasteiger partial charge >= 0.3 is 5.97 Å². The summed E-state index contributed by atoms with van der Waals surface area (Å²) in [6.07, 6.45) is 22.3. The molecule has 0 spiro atoms. The van der Waals surface area contributed by atoms with Crippen molar-refractivity contribution >= 4 is 5.97 Å². The Kier molecular flexibility index (Phi) is 12.0. The molecule has 1 N–H and O–H groups in total. The van der Waals surface area contributed by atoms with Crippen LogP contribution in [0.4, 0.5) is 0 Å². The zero-order valence-corrected chi connectivity index (χ0v) is 18.5. The number of unbranched alkanes of at least 4 members (excludes halogenated alkanes) is 5. The lowest BCUT2D eigenvalue weighted by molar-refractivity contribution is -0.142. The van der Waals surface area contributed by atoms with Gasteiger partial charge in [0, 0.05) is 0 Å². The molecular weight excluding hydrogens is 380 g/mol. The van der Waals surface area contributed by atoms with Crippen molar-refractivity contribution in [2.75, 3.05) is 7.11 Å². The van der Waals surface area contributed by atoms with Crippen LogP contribution >= 0.6 is 0 Å². The Morgan fingerprint density at radius 1 is 1.07 bits per heavy atom. The standard InChI is InChI=1S/C25H40O5/c1-3-4-5-6-7-8-9-10-11-12-13-14-15-20-16-18-22(29-20)21(26)17-19-23-24(30-23)25(27)28-2/h3,6-9,20-24,26H,1,4-5,10-19H2,2H3/b7-6-,9-8-/t20-,21-,22+,23-,24+/m0/s1. The molecule has 2 fully saturated rings. The van der Waals surface area contributed by atoms with Crippen molar-refractivity contribution in [3.8, 4) is 0 Å². The van der Waals surface area contributed by atoms with Crippen LogP contribution in [0.1, 0.15) is 77.0 Å². The molecule has 5 atom stereocenters. The van der Waals surface area contributed by atoms with Crippen molar-refractivity contribution in [2.24, 2.45) is 0 Å². The van der Waals surface area contributed by atoms with Crippen molar-refractivity contribution < 1.29 is 24.1 Å². The topological polar surface area (TPSA) is 68.3 Å². The van der Waals surface area contributed by atoms with Crippen LogP contribution in [0.25, 0.3) is 0 Å². The van der Waals surface area contributed by atoms with Gasteiger partial charge < -0.3 is 19.3 Å². The highest BCUT2D eigenvalue weighted by Gasteiger charge is 2.46. The molecule has 170 valence electrons. The molecular formula is C25H40O5. The molecule has 0 amide bonds. The minimum atomic E-state index is -0.477. The number of aliphatic hydroxyl groups is 1. The third-order valence-electron chi connectivity index (χ3n) is 5.90. The van der Waals surface area contributed by atoms with Gasteiger partial charge in [0.1, 0.15) is 0 Å². The summed E-state index contributed by atoms with van der Waals surface area (Å²) in [6.45, 7) is 3.72. The van der Waals surface area contributed by atoms with Gasteiger partial charge in [-0.2, -0.15) is 0 Å². The van der Waals surface area contributed by atoms with Crippen LogP contribution < -0.4 is 0 Å². The maximum atomic E-state index is 11.3. The van der Waals surface area contributed by atoms with Crippen LogP contribution in [0.5, 0.6) is 0 Å². The Morgan fingerprint density at radius 3 is 2.60 bits per heavy atom. The fraction of sp³-hybridized carbons (Fsp3) is 0.720. The maximum Gasteiger partial charge on any atom is 0.337 e. The van der Waals surface area contributed by atoms with Crippen LogP contribution in [0.15, 0.2) is 37.0 Å². The highest BCUT2D eigenvalue weighted by molar-refractivity contribution is 5.77. The number of aliphatic hydroxyl groups excluding tert-OH is 1. The van der Waals surface area contributed by atoms with E-state index in [1.165, 1.54) is 32.8 Å². The zero-order valence-electron chi connectivity index (χ0n) is 18.5. The highest BCUT2D eigenvalue weighted by Crippen LogP contribution is 2.31. The molecule has 2 saturated heterocycles. The van der Waals surface area contributed by atoms with Crippen LogP contribution in [0.3, 0.4) is 0 Å². The molecule has 0 aromatic heterocycles. The van der Waals surface area contributed by atoms with E-state index in [4.69, 9.17) is 9.47 Å². The first-order chi connectivity index (χ1) is 14.7. The van der Waals surface area contributed by atoms with Crippen molar-refractivity contribution in [3.63, 3.8) is 0 Å². The molecule has 2 aliphatic rings. The number of hydrogen-bond donors (Lipinski definition) is 1. The SMILES string of the molecule is C=CCC/C=C\C=C/CCCCCC[C@H]1CC[C@H]([C@@H](O)CC[C@@H]2O[C@H]2C(=O)OC)O1. The quantitative estimate of drug-likeness (QED) is 0.125. The number of hydrogen-bond acceptors (Lipinski definition) is 5. The number of esters is 1. The molecule has 0 bridgehead atoms. The van der Waals surface area contributed by atoms with Gasteiger partial charge in [-0.3, -0.25) is 0 Å². The third-order valence-corrected chi connectivity index (χ3v) is 5.90. The lowest BCUT2D eigenvalue weighted by Gasteiger charge is -2.19. The molecule has 30 heavy (non-hydrogen) atoms. The van der Waals surface area contributed by atoms with E-state index in [2.05, 4.69) is 35.6 Å². The lowest BCUT2D eigenvalue weighted by Crippen LogP contribution is -2.27. The van der Waals surface area contributed by atoms with Gasteiger partial charge in [-0.1, -0.05) is 49.6 Å². The van der Waals surface area contributed by atoms with Crippen LogP contribution in [-0.2, 0) is 19.0 Å². The first-order valence-electron chi connectivity index (χ1n) is 11.6. The normalized spacial score (nSPS) is 27.0. The summed E-state index contributed by atoms with van der Waals surface area (Å²) in [5.41, 5.74) is 0. The van der Waals surface area contributed by atoms with E-state index >= 15 is 0 Å². The Balaban J connectivity index is 1.44. The fourth-order valence-corrected chi connectivity index (χ4v) is 3.99. The van der Waals surface area contributed by atoms with E-state index in [1.807, 2.05) is 6.08 Å². The Bertz CT molecular complexity index is 556. The number of carbonyl (C=O) groups is 1. The van der Waals surface area contributed by atoms with Crippen molar-refractivity contribution in [2.45, 2.75) is 108 Å². The Labute approximate surface area is 182 Å².